The van der Waals surface area contributed by atoms with Gasteiger partial charge in [0.15, 0.2) is 5.82 Å². The van der Waals surface area contributed by atoms with Crippen molar-refractivity contribution in [1.82, 2.24) is 9.97 Å². The molecule has 2 heterocycles. The molecule has 5 nitrogen and oxygen atoms in total. The molecule has 1 atom stereocenters. The lowest BCUT2D eigenvalue weighted by molar-refractivity contribution is 0.231. The van der Waals surface area contributed by atoms with E-state index in [1.807, 2.05) is 13.8 Å². The van der Waals surface area contributed by atoms with Crippen LogP contribution in [0.4, 0.5) is 5.82 Å². The van der Waals surface area contributed by atoms with Crippen LogP contribution in [0.5, 0.6) is 5.88 Å². The molecular formula is C12H20N4O. The Morgan fingerprint density at radius 1 is 1.53 bits per heavy atom. The highest BCUT2D eigenvalue weighted by Gasteiger charge is 2.22. The summed E-state index contributed by atoms with van der Waals surface area (Å²) in [7, 11) is 0. The van der Waals surface area contributed by atoms with Crippen LogP contribution >= 0.6 is 0 Å². The Morgan fingerprint density at radius 2 is 2.35 bits per heavy atom. The van der Waals surface area contributed by atoms with E-state index in [9.17, 15) is 0 Å². The molecule has 0 saturated carbocycles. The van der Waals surface area contributed by atoms with Crippen LogP contribution in [0.15, 0.2) is 12.4 Å². The molecular weight excluding hydrogens is 216 g/mol. The van der Waals surface area contributed by atoms with Gasteiger partial charge in [0.05, 0.1) is 18.5 Å². The summed E-state index contributed by atoms with van der Waals surface area (Å²) in [5.74, 6) is 2.05. The summed E-state index contributed by atoms with van der Waals surface area (Å²) in [4.78, 5) is 10.9. The van der Waals surface area contributed by atoms with E-state index in [1.165, 1.54) is 0 Å². The Hall–Kier alpha value is -1.36. The minimum absolute atomic E-state index is 0.120. The number of nitrogens with two attached hydrogens (primary N) is 1. The highest BCUT2D eigenvalue weighted by atomic mass is 16.5. The summed E-state index contributed by atoms with van der Waals surface area (Å²) < 4.78 is 5.54. The Balaban J connectivity index is 2.06. The first kappa shape index (κ1) is 12.1. The summed E-state index contributed by atoms with van der Waals surface area (Å²) in [6.07, 6.45) is 4.69. The van der Waals surface area contributed by atoms with Gasteiger partial charge in [0, 0.05) is 13.1 Å². The van der Waals surface area contributed by atoms with Gasteiger partial charge in [0.2, 0.25) is 5.88 Å². The maximum atomic E-state index is 5.68. The lowest BCUT2D eigenvalue weighted by Gasteiger charge is -2.18. The first-order valence-corrected chi connectivity index (χ1v) is 6.12. The SMILES string of the molecule is CC(C)Oc1cncc(N2CCC(CN)C2)n1. The molecule has 1 aliphatic heterocycles. The van der Waals surface area contributed by atoms with Crippen molar-refractivity contribution in [3.63, 3.8) is 0 Å². The van der Waals surface area contributed by atoms with Crippen LogP contribution in [0.3, 0.4) is 0 Å². The van der Waals surface area contributed by atoms with Crippen LogP contribution in [0.25, 0.3) is 0 Å². The molecule has 0 aromatic carbocycles. The first-order chi connectivity index (χ1) is 8.19. The number of aromatic nitrogens is 2. The van der Waals surface area contributed by atoms with Gasteiger partial charge in [-0.05, 0) is 32.7 Å². The van der Waals surface area contributed by atoms with Gasteiger partial charge < -0.3 is 15.4 Å². The number of ether oxygens (including phenoxy) is 1. The number of hydrogen-bond acceptors (Lipinski definition) is 5. The molecule has 0 radical (unpaired) electrons. The molecule has 2 rings (SSSR count). The van der Waals surface area contributed by atoms with Gasteiger partial charge in [0.1, 0.15) is 0 Å². The molecule has 2 N–H and O–H groups in total. The fourth-order valence-electron chi connectivity index (χ4n) is 2.02. The third-order valence-electron chi connectivity index (χ3n) is 2.90. The van der Waals surface area contributed by atoms with Crippen LogP contribution in [-0.2, 0) is 0 Å². The summed E-state index contributed by atoms with van der Waals surface area (Å²) in [5, 5.41) is 0. The average molecular weight is 236 g/mol. The van der Waals surface area contributed by atoms with Gasteiger partial charge in [-0.3, -0.25) is 4.98 Å². The first-order valence-electron chi connectivity index (χ1n) is 6.12. The molecule has 94 valence electrons. The molecule has 1 fully saturated rings. The fourth-order valence-corrected chi connectivity index (χ4v) is 2.02. The van der Waals surface area contributed by atoms with Crippen molar-refractivity contribution in [2.75, 3.05) is 24.5 Å². The molecule has 1 unspecified atom stereocenters. The van der Waals surface area contributed by atoms with E-state index in [0.29, 0.717) is 11.8 Å². The van der Waals surface area contributed by atoms with E-state index >= 15 is 0 Å². The zero-order valence-electron chi connectivity index (χ0n) is 10.5. The zero-order chi connectivity index (χ0) is 12.3. The lowest BCUT2D eigenvalue weighted by Crippen LogP contribution is -2.23. The van der Waals surface area contributed by atoms with E-state index < -0.39 is 0 Å². The van der Waals surface area contributed by atoms with Gasteiger partial charge >= 0.3 is 0 Å². The molecule has 0 bridgehead atoms. The van der Waals surface area contributed by atoms with Crippen molar-refractivity contribution in [3.05, 3.63) is 12.4 Å². The van der Waals surface area contributed by atoms with E-state index in [2.05, 4.69) is 14.9 Å². The summed E-state index contributed by atoms with van der Waals surface area (Å²) >= 11 is 0. The molecule has 0 amide bonds. The average Bonchev–Trinajstić information content (AvgIpc) is 2.77. The van der Waals surface area contributed by atoms with Crippen molar-refractivity contribution >= 4 is 5.82 Å². The smallest absolute Gasteiger partial charge is 0.234 e. The predicted octanol–water partition coefficient (Wildman–Crippen LogP) is 1.05. The maximum Gasteiger partial charge on any atom is 0.234 e. The van der Waals surface area contributed by atoms with Gasteiger partial charge in [-0.1, -0.05) is 0 Å². The van der Waals surface area contributed by atoms with Crippen LogP contribution in [0.2, 0.25) is 0 Å². The lowest BCUT2D eigenvalue weighted by atomic mass is 10.1. The Morgan fingerprint density at radius 3 is 3.00 bits per heavy atom. The highest BCUT2D eigenvalue weighted by Crippen LogP contribution is 2.22. The number of hydrogen-bond donors (Lipinski definition) is 1. The van der Waals surface area contributed by atoms with Crippen molar-refractivity contribution in [1.29, 1.82) is 0 Å². The van der Waals surface area contributed by atoms with E-state index in [-0.39, 0.29) is 6.10 Å². The van der Waals surface area contributed by atoms with Gasteiger partial charge in [-0.2, -0.15) is 4.98 Å². The summed E-state index contributed by atoms with van der Waals surface area (Å²) in [6.45, 7) is 6.67. The molecule has 1 saturated heterocycles. The van der Waals surface area contributed by atoms with Gasteiger partial charge in [-0.25, -0.2) is 0 Å². The van der Waals surface area contributed by atoms with Crippen LogP contribution in [0, 0.1) is 5.92 Å². The highest BCUT2D eigenvalue weighted by molar-refractivity contribution is 5.38. The number of nitrogens with zero attached hydrogens (tertiary/aromatic N) is 3. The maximum absolute atomic E-state index is 5.68. The van der Waals surface area contributed by atoms with Crippen LogP contribution < -0.4 is 15.4 Å². The molecule has 0 spiro atoms. The Bertz CT molecular complexity index is 369. The van der Waals surface area contributed by atoms with Crippen LogP contribution in [0.1, 0.15) is 20.3 Å². The molecule has 17 heavy (non-hydrogen) atoms. The molecule has 0 aliphatic carbocycles. The second kappa shape index (κ2) is 5.31. The quantitative estimate of drug-likeness (QED) is 0.846. The fraction of sp³-hybridized carbons (Fsp3) is 0.667. The van der Waals surface area contributed by atoms with E-state index in [0.717, 1.165) is 31.9 Å². The molecule has 1 aromatic rings. The third-order valence-corrected chi connectivity index (χ3v) is 2.90. The molecule has 1 aliphatic rings. The largest absolute Gasteiger partial charge is 0.474 e. The summed E-state index contributed by atoms with van der Waals surface area (Å²) in [6, 6.07) is 0. The summed E-state index contributed by atoms with van der Waals surface area (Å²) in [5.41, 5.74) is 5.68. The van der Waals surface area contributed by atoms with Gasteiger partial charge in [0.25, 0.3) is 0 Å². The van der Waals surface area contributed by atoms with Gasteiger partial charge in [-0.15, -0.1) is 0 Å². The van der Waals surface area contributed by atoms with E-state index in [4.69, 9.17) is 10.5 Å². The number of rotatable bonds is 4. The Kier molecular flexibility index (Phi) is 3.78. The van der Waals surface area contributed by atoms with Crippen LogP contribution in [-0.4, -0.2) is 35.7 Å². The monoisotopic (exact) mass is 236 g/mol. The van der Waals surface area contributed by atoms with Crippen molar-refractivity contribution in [2.24, 2.45) is 11.7 Å². The normalized spacial score (nSPS) is 20.0. The Labute approximate surface area is 102 Å². The number of anilines is 1. The van der Waals surface area contributed by atoms with Crippen molar-refractivity contribution < 1.29 is 4.74 Å². The third kappa shape index (κ3) is 3.06. The molecule has 5 heteroatoms. The van der Waals surface area contributed by atoms with Crippen molar-refractivity contribution in [3.8, 4) is 5.88 Å². The molecule has 1 aromatic heterocycles. The second-order valence-corrected chi connectivity index (χ2v) is 4.72. The standard InChI is InChI=1S/C12H20N4O/c1-9(2)17-12-7-14-6-11(15-12)16-4-3-10(5-13)8-16/h6-7,9-10H,3-5,8,13H2,1-2H3. The predicted molar refractivity (Wildman–Crippen MR) is 67.2 cm³/mol. The minimum atomic E-state index is 0.120. The zero-order valence-corrected chi connectivity index (χ0v) is 10.5. The van der Waals surface area contributed by atoms with Crippen molar-refractivity contribution in [2.45, 2.75) is 26.4 Å². The second-order valence-electron chi connectivity index (χ2n) is 4.72. The van der Waals surface area contributed by atoms with E-state index in [1.54, 1.807) is 12.4 Å². The minimum Gasteiger partial charge on any atom is -0.474 e. The topological polar surface area (TPSA) is 64.3 Å².